The molecule has 0 radical (unpaired) electrons. The second-order valence-corrected chi connectivity index (χ2v) is 13.6. The molecule has 43 heavy (non-hydrogen) atoms. The van der Waals surface area contributed by atoms with Gasteiger partial charge in [-0.15, -0.1) is 0 Å². The number of benzene rings is 1. The predicted molar refractivity (Wildman–Crippen MR) is 164 cm³/mol. The zero-order chi connectivity index (χ0) is 30.6. The minimum Gasteiger partial charge on any atom is -0.497 e. The zero-order valence-electron chi connectivity index (χ0n) is 25.5. The number of oxime groups is 1. The standard InChI is InChI=1S/C34H43N3O6/c1-32-13-9-21(17-20(32)5-7-24-26(32)10-14-33(2)27(24)11-15-34(33,3)41)37-43-19-29(38)35-16-12-23-25-18-22(42-4)6-8-28(25)36-30(23)31(39)40/h6,8-9,13,17-18,24,26-27,36,41H,5,7,10-12,14-16,19H2,1-4H3,(H,35,38)(H,39,40)/t24-,26-,27+,32+,33+,34+/m1/s1. The van der Waals surface area contributed by atoms with Gasteiger partial charge in [-0.05, 0) is 111 Å². The van der Waals surface area contributed by atoms with Crippen molar-refractivity contribution in [3.8, 4) is 5.75 Å². The third-order valence-electron chi connectivity index (χ3n) is 11.5. The Kier molecular flexibility index (Phi) is 7.43. The number of carboxylic acid groups (broad SMARTS) is 1. The highest BCUT2D eigenvalue weighted by Crippen LogP contribution is 2.66. The van der Waals surface area contributed by atoms with E-state index in [1.54, 1.807) is 25.3 Å². The number of aromatic amines is 1. The van der Waals surface area contributed by atoms with Gasteiger partial charge in [-0.3, -0.25) is 4.79 Å². The summed E-state index contributed by atoms with van der Waals surface area (Å²) >= 11 is 0. The quantitative estimate of drug-likeness (QED) is 0.305. The molecule has 0 saturated heterocycles. The molecular weight excluding hydrogens is 546 g/mol. The summed E-state index contributed by atoms with van der Waals surface area (Å²) in [5.41, 5.74) is 2.92. The van der Waals surface area contributed by atoms with Gasteiger partial charge in [0.2, 0.25) is 0 Å². The van der Waals surface area contributed by atoms with Gasteiger partial charge < -0.3 is 30.1 Å². The first-order chi connectivity index (χ1) is 20.5. The van der Waals surface area contributed by atoms with Gasteiger partial charge in [-0.1, -0.05) is 30.7 Å². The minimum atomic E-state index is -1.05. The lowest BCUT2D eigenvalue weighted by Gasteiger charge is -2.58. The Labute approximate surface area is 252 Å². The molecule has 230 valence electrons. The summed E-state index contributed by atoms with van der Waals surface area (Å²) < 4.78 is 5.29. The van der Waals surface area contributed by atoms with E-state index < -0.39 is 11.6 Å². The van der Waals surface area contributed by atoms with Crippen molar-refractivity contribution in [2.75, 3.05) is 20.3 Å². The molecule has 1 heterocycles. The molecule has 0 unspecified atom stereocenters. The van der Waals surface area contributed by atoms with E-state index >= 15 is 0 Å². The van der Waals surface area contributed by atoms with E-state index in [0.717, 1.165) is 43.9 Å². The highest BCUT2D eigenvalue weighted by atomic mass is 16.6. The van der Waals surface area contributed by atoms with Crippen molar-refractivity contribution in [1.29, 1.82) is 0 Å². The van der Waals surface area contributed by atoms with Gasteiger partial charge in [-0.25, -0.2) is 4.79 Å². The van der Waals surface area contributed by atoms with Gasteiger partial charge in [0.05, 0.1) is 12.7 Å². The van der Waals surface area contributed by atoms with Gasteiger partial charge in [0, 0.05) is 22.9 Å². The molecule has 4 aliphatic carbocycles. The van der Waals surface area contributed by atoms with Crippen LogP contribution in [0.15, 0.2) is 47.2 Å². The van der Waals surface area contributed by atoms with Crippen LogP contribution in [-0.4, -0.2) is 58.6 Å². The van der Waals surface area contributed by atoms with Crippen molar-refractivity contribution in [3.63, 3.8) is 0 Å². The topological polar surface area (TPSA) is 133 Å². The summed E-state index contributed by atoms with van der Waals surface area (Å²) in [6.07, 6.45) is 13.1. The van der Waals surface area contributed by atoms with Crippen LogP contribution in [0.3, 0.4) is 0 Å². The third-order valence-corrected chi connectivity index (χ3v) is 11.5. The average Bonchev–Trinajstić information content (AvgIpc) is 3.46. The smallest absolute Gasteiger partial charge is 0.352 e. The van der Waals surface area contributed by atoms with Crippen LogP contribution in [-0.2, 0) is 16.1 Å². The van der Waals surface area contributed by atoms with Crippen LogP contribution in [0.2, 0.25) is 0 Å². The number of carbonyl (C=O) groups excluding carboxylic acids is 1. The van der Waals surface area contributed by atoms with Crippen LogP contribution in [0.5, 0.6) is 5.75 Å². The molecule has 1 aromatic heterocycles. The van der Waals surface area contributed by atoms with E-state index in [4.69, 9.17) is 9.57 Å². The lowest BCUT2D eigenvalue weighted by atomic mass is 9.47. The molecule has 4 aliphatic rings. The normalized spacial score (nSPS) is 33.8. The number of nitrogens with zero attached hydrogens (tertiary/aromatic N) is 1. The maximum atomic E-state index is 12.5. The Morgan fingerprint density at radius 1 is 1.14 bits per heavy atom. The number of hydrogen-bond donors (Lipinski definition) is 4. The van der Waals surface area contributed by atoms with Crippen molar-refractivity contribution >= 4 is 28.5 Å². The maximum absolute atomic E-state index is 12.5. The number of amides is 1. The molecule has 9 heteroatoms. The molecule has 4 N–H and O–H groups in total. The molecule has 2 aromatic rings. The molecule has 0 aliphatic heterocycles. The van der Waals surface area contributed by atoms with Gasteiger partial charge in [-0.2, -0.15) is 0 Å². The van der Waals surface area contributed by atoms with Crippen LogP contribution in [0, 0.1) is 28.6 Å². The van der Waals surface area contributed by atoms with Crippen molar-refractivity contribution < 1.29 is 29.4 Å². The fourth-order valence-electron chi connectivity index (χ4n) is 8.85. The number of carboxylic acids is 1. The van der Waals surface area contributed by atoms with Crippen LogP contribution >= 0.6 is 0 Å². The van der Waals surface area contributed by atoms with E-state index in [-0.39, 0.29) is 35.6 Å². The summed E-state index contributed by atoms with van der Waals surface area (Å²) in [6, 6.07) is 5.35. The number of ether oxygens (including phenoxy) is 1. The lowest BCUT2D eigenvalue weighted by molar-refractivity contribution is -0.125. The highest BCUT2D eigenvalue weighted by Gasteiger charge is 2.62. The van der Waals surface area contributed by atoms with Crippen LogP contribution in [0.1, 0.15) is 75.3 Å². The molecule has 0 spiro atoms. The molecular formula is C34H43N3O6. The van der Waals surface area contributed by atoms with E-state index in [0.29, 0.717) is 46.7 Å². The van der Waals surface area contributed by atoms with Gasteiger partial charge in [0.1, 0.15) is 17.2 Å². The first-order valence-corrected chi connectivity index (χ1v) is 15.5. The first-order valence-electron chi connectivity index (χ1n) is 15.5. The predicted octanol–water partition coefficient (Wildman–Crippen LogP) is 5.40. The van der Waals surface area contributed by atoms with Gasteiger partial charge >= 0.3 is 5.97 Å². The highest BCUT2D eigenvalue weighted by molar-refractivity contribution is 6.05. The van der Waals surface area contributed by atoms with Gasteiger partial charge in [0.25, 0.3) is 5.91 Å². The summed E-state index contributed by atoms with van der Waals surface area (Å²) in [5.74, 6) is 1.00. The van der Waals surface area contributed by atoms with Crippen LogP contribution < -0.4 is 10.1 Å². The molecule has 6 rings (SSSR count). The van der Waals surface area contributed by atoms with Crippen molar-refractivity contribution in [2.24, 2.45) is 33.7 Å². The Morgan fingerprint density at radius 3 is 2.70 bits per heavy atom. The molecule has 3 saturated carbocycles. The Hall–Kier alpha value is -3.59. The van der Waals surface area contributed by atoms with Crippen LogP contribution in [0.4, 0.5) is 0 Å². The number of nitrogens with one attached hydrogen (secondary N) is 2. The number of aromatic carboxylic acids is 1. The fraction of sp³-hybridized carbons (Fsp3) is 0.559. The molecule has 6 atom stereocenters. The largest absolute Gasteiger partial charge is 0.497 e. The number of aromatic nitrogens is 1. The second-order valence-electron chi connectivity index (χ2n) is 13.6. The molecule has 1 amide bonds. The Balaban J connectivity index is 1.04. The zero-order valence-corrected chi connectivity index (χ0v) is 25.5. The number of methoxy groups -OCH3 is 1. The fourth-order valence-corrected chi connectivity index (χ4v) is 8.85. The van der Waals surface area contributed by atoms with Crippen molar-refractivity contribution in [3.05, 3.63) is 53.3 Å². The molecule has 1 aromatic carbocycles. The second kappa shape index (κ2) is 10.8. The summed E-state index contributed by atoms with van der Waals surface area (Å²) in [4.78, 5) is 32.7. The monoisotopic (exact) mass is 589 g/mol. The third kappa shape index (κ3) is 4.95. The van der Waals surface area contributed by atoms with E-state index in [2.05, 4.69) is 41.5 Å². The van der Waals surface area contributed by atoms with Gasteiger partial charge in [0.15, 0.2) is 6.61 Å². The Bertz CT molecular complexity index is 1540. The minimum absolute atomic E-state index is 0.00662. The molecule has 9 nitrogen and oxygen atoms in total. The number of aliphatic hydroxyl groups is 1. The van der Waals surface area contributed by atoms with E-state index in [1.165, 1.54) is 5.57 Å². The maximum Gasteiger partial charge on any atom is 0.352 e. The lowest BCUT2D eigenvalue weighted by Crippen LogP contribution is -2.53. The SMILES string of the molecule is COc1ccc2[nH]c(C(=O)O)c(CCNC(=O)CON=C3C=C[C@@]4(C)C(=C3)CC[C@@H]3[C@H]4CC[C@@]4(C)[C@H]3CC[C@]4(C)O)c2c1. The van der Waals surface area contributed by atoms with Crippen LogP contribution in [0.25, 0.3) is 10.9 Å². The van der Waals surface area contributed by atoms with E-state index in [9.17, 15) is 19.8 Å². The number of hydrogen-bond acceptors (Lipinski definition) is 6. The summed E-state index contributed by atoms with van der Waals surface area (Å²) in [6.45, 7) is 6.74. The van der Waals surface area contributed by atoms with E-state index in [1.807, 2.05) is 13.0 Å². The average molecular weight is 590 g/mol. The van der Waals surface area contributed by atoms with Crippen molar-refractivity contribution in [2.45, 2.75) is 71.3 Å². The first kappa shape index (κ1) is 29.5. The number of fused-ring (bicyclic) bond motifs is 6. The number of carbonyl (C=O) groups is 2. The Morgan fingerprint density at radius 2 is 1.93 bits per heavy atom. The molecule has 0 bridgehead atoms. The summed E-state index contributed by atoms with van der Waals surface area (Å²) in [5, 5.41) is 28.6. The molecule has 3 fully saturated rings. The summed E-state index contributed by atoms with van der Waals surface area (Å²) in [7, 11) is 1.56. The number of allylic oxidation sites excluding steroid dienone is 4. The van der Waals surface area contributed by atoms with Crippen molar-refractivity contribution in [1.82, 2.24) is 10.3 Å². The number of H-pyrrole nitrogens is 1. The number of rotatable bonds is 8.